The highest BCUT2D eigenvalue weighted by Crippen LogP contribution is 2.31. The molecule has 1 saturated heterocycles. The Kier molecular flexibility index (Phi) is 5.25. The Labute approximate surface area is 162 Å². The van der Waals surface area contributed by atoms with Crippen LogP contribution in [0.25, 0.3) is 0 Å². The number of carbonyl (C=O) groups excluding carboxylic acids is 2. The zero-order valence-electron chi connectivity index (χ0n) is 15.2. The van der Waals surface area contributed by atoms with Crippen LogP contribution in [0, 0.1) is 5.82 Å². The van der Waals surface area contributed by atoms with E-state index in [1.54, 1.807) is 28.4 Å². The number of piperazine rings is 1. The summed E-state index contributed by atoms with van der Waals surface area (Å²) >= 11 is 1.71. The van der Waals surface area contributed by atoms with Gasteiger partial charge in [0.15, 0.2) is 0 Å². The molecule has 0 saturated carbocycles. The van der Waals surface area contributed by atoms with Gasteiger partial charge in [-0.3, -0.25) is 9.59 Å². The number of hydrogen-bond acceptors (Lipinski definition) is 3. The Morgan fingerprint density at radius 3 is 2.37 bits per heavy atom. The summed E-state index contributed by atoms with van der Waals surface area (Å²) in [6.45, 7) is 2.24. The van der Waals surface area contributed by atoms with Crippen LogP contribution in [0.4, 0.5) is 4.39 Å². The van der Waals surface area contributed by atoms with E-state index in [0.717, 1.165) is 30.4 Å². The van der Waals surface area contributed by atoms with E-state index in [-0.39, 0.29) is 24.1 Å². The van der Waals surface area contributed by atoms with Crippen molar-refractivity contribution < 1.29 is 14.0 Å². The number of hydrogen-bond donors (Lipinski definition) is 0. The van der Waals surface area contributed by atoms with Gasteiger partial charge in [-0.25, -0.2) is 4.39 Å². The van der Waals surface area contributed by atoms with Crippen molar-refractivity contribution in [2.24, 2.45) is 0 Å². The van der Waals surface area contributed by atoms with E-state index in [4.69, 9.17) is 0 Å². The fourth-order valence-electron chi connectivity index (χ4n) is 3.89. The minimum absolute atomic E-state index is 0.0293. The van der Waals surface area contributed by atoms with Gasteiger partial charge in [-0.2, -0.15) is 0 Å². The minimum Gasteiger partial charge on any atom is -0.339 e. The molecular weight excluding hydrogens is 363 g/mol. The average molecular weight is 386 g/mol. The van der Waals surface area contributed by atoms with Gasteiger partial charge >= 0.3 is 0 Å². The van der Waals surface area contributed by atoms with Crippen molar-refractivity contribution >= 4 is 23.2 Å². The molecule has 4 rings (SSSR count). The summed E-state index contributed by atoms with van der Waals surface area (Å²) in [5, 5.41) is 2.02. The number of amides is 2. The second-order valence-corrected chi connectivity index (χ2v) is 8.20. The third-order valence-electron chi connectivity index (χ3n) is 5.48. The summed E-state index contributed by atoms with van der Waals surface area (Å²) in [5.74, 6) is -0.157. The van der Waals surface area contributed by atoms with Crippen molar-refractivity contribution in [2.75, 3.05) is 26.2 Å². The van der Waals surface area contributed by atoms with E-state index in [1.165, 1.54) is 29.0 Å². The van der Waals surface area contributed by atoms with E-state index in [0.29, 0.717) is 26.2 Å². The summed E-state index contributed by atoms with van der Waals surface area (Å²) in [7, 11) is 0. The number of benzene rings is 1. The fraction of sp³-hybridized carbons (Fsp3) is 0.429. The predicted octanol–water partition coefficient (Wildman–Crippen LogP) is 3.29. The zero-order chi connectivity index (χ0) is 18.8. The van der Waals surface area contributed by atoms with Crippen LogP contribution in [0.2, 0.25) is 0 Å². The molecule has 2 aliphatic rings. The van der Waals surface area contributed by atoms with Gasteiger partial charge in [0.05, 0.1) is 12.0 Å². The van der Waals surface area contributed by atoms with Gasteiger partial charge < -0.3 is 9.80 Å². The third kappa shape index (κ3) is 3.90. The first-order chi connectivity index (χ1) is 13.1. The van der Waals surface area contributed by atoms with Gasteiger partial charge in [0, 0.05) is 36.4 Å². The van der Waals surface area contributed by atoms with Crippen molar-refractivity contribution in [3.05, 3.63) is 57.0 Å². The molecule has 27 heavy (non-hydrogen) atoms. The van der Waals surface area contributed by atoms with Gasteiger partial charge in [-0.1, -0.05) is 12.1 Å². The Morgan fingerprint density at radius 1 is 0.963 bits per heavy atom. The molecule has 2 amide bonds. The fourth-order valence-corrected chi connectivity index (χ4v) is 5.01. The standard InChI is InChI=1S/C21H23FN2O2S/c22-16-7-5-15(6-8-16)13-20(25)23-9-11-24(12-10-23)21(26)18-14-27-19-4-2-1-3-17(18)19/h5-8,14H,1-4,9-13H2. The third-order valence-corrected chi connectivity index (χ3v) is 6.57. The second kappa shape index (κ2) is 7.80. The molecule has 0 radical (unpaired) electrons. The zero-order valence-corrected chi connectivity index (χ0v) is 16.1. The summed E-state index contributed by atoms with van der Waals surface area (Å²) in [6, 6.07) is 6.04. The largest absolute Gasteiger partial charge is 0.339 e. The normalized spacial score (nSPS) is 16.9. The lowest BCUT2D eigenvalue weighted by Gasteiger charge is -2.35. The van der Waals surface area contributed by atoms with Gasteiger partial charge in [0.1, 0.15) is 5.82 Å². The highest BCUT2D eigenvalue weighted by molar-refractivity contribution is 7.10. The SMILES string of the molecule is O=C(Cc1ccc(F)cc1)N1CCN(C(=O)c2csc3c2CCCC3)CC1. The Bertz CT molecular complexity index is 838. The van der Waals surface area contributed by atoms with Crippen molar-refractivity contribution in [1.29, 1.82) is 0 Å². The van der Waals surface area contributed by atoms with E-state index in [9.17, 15) is 14.0 Å². The molecule has 1 aliphatic carbocycles. The summed E-state index contributed by atoms with van der Waals surface area (Å²) in [4.78, 5) is 30.5. The molecule has 2 heterocycles. The van der Waals surface area contributed by atoms with Gasteiger partial charge in [0.2, 0.25) is 5.91 Å². The number of rotatable bonds is 3. The van der Waals surface area contributed by atoms with Crippen LogP contribution in [-0.2, 0) is 24.1 Å². The average Bonchev–Trinajstić information content (AvgIpc) is 3.13. The number of carbonyl (C=O) groups is 2. The monoisotopic (exact) mass is 386 g/mol. The van der Waals surface area contributed by atoms with E-state index in [2.05, 4.69) is 0 Å². The number of fused-ring (bicyclic) bond motifs is 1. The molecule has 0 N–H and O–H groups in total. The van der Waals surface area contributed by atoms with Crippen molar-refractivity contribution in [2.45, 2.75) is 32.1 Å². The van der Waals surface area contributed by atoms with E-state index in [1.807, 2.05) is 10.3 Å². The first-order valence-electron chi connectivity index (χ1n) is 9.52. The molecule has 1 aromatic heterocycles. The van der Waals surface area contributed by atoms with Crippen LogP contribution >= 0.6 is 11.3 Å². The van der Waals surface area contributed by atoms with Gasteiger partial charge in [0.25, 0.3) is 5.91 Å². The summed E-state index contributed by atoms with van der Waals surface area (Å²) in [5.41, 5.74) is 2.94. The molecule has 1 fully saturated rings. The molecule has 6 heteroatoms. The molecule has 2 aromatic rings. The smallest absolute Gasteiger partial charge is 0.255 e. The lowest BCUT2D eigenvalue weighted by molar-refractivity contribution is -0.131. The van der Waals surface area contributed by atoms with Crippen LogP contribution in [0.5, 0.6) is 0 Å². The molecule has 4 nitrogen and oxygen atoms in total. The molecule has 1 aliphatic heterocycles. The molecule has 142 valence electrons. The topological polar surface area (TPSA) is 40.6 Å². The van der Waals surface area contributed by atoms with Gasteiger partial charge in [-0.05, 0) is 48.9 Å². The highest BCUT2D eigenvalue weighted by atomic mass is 32.1. The minimum atomic E-state index is -0.297. The summed E-state index contributed by atoms with van der Waals surface area (Å²) in [6.07, 6.45) is 4.76. The Balaban J connectivity index is 1.34. The highest BCUT2D eigenvalue weighted by Gasteiger charge is 2.28. The lowest BCUT2D eigenvalue weighted by Crippen LogP contribution is -2.51. The Morgan fingerprint density at radius 2 is 1.63 bits per heavy atom. The maximum Gasteiger partial charge on any atom is 0.255 e. The number of nitrogens with zero attached hydrogens (tertiary/aromatic N) is 2. The van der Waals surface area contributed by atoms with Crippen LogP contribution in [0.3, 0.4) is 0 Å². The van der Waals surface area contributed by atoms with Crippen LogP contribution < -0.4 is 0 Å². The number of halogens is 1. The molecular formula is C21H23FN2O2S. The van der Waals surface area contributed by atoms with Crippen LogP contribution in [-0.4, -0.2) is 47.8 Å². The molecule has 0 spiro atoms. The Hall–Kier alpha value is -2.21. The predicted molar refractivity (Wildman–Crippen MR) is 104 cm³/mol. The molecule has 0 unspecified atom stereocenters. The maximum absolute atomic E-state index is 13.0. The molecule has 1 aromatic carbocycles. The van der Waals surface area contributed by atoms with Crippen molar-refractivity contribution in [3.8, 4) is 0 Å². The van der Waals surface area contributed by atoms with Gasteiger partial charge in [-0.15, -0.1) is 11.3 Å². The molecule has 0 bridgehead atoms. The lowest BCUT2D eigenvalue weighted by atomic mass is 9.95. The first kappa shape index (κ1) is 18.2. The number of thiophene rings is 1. The maximum atomic E-state index is 13.0. The van der Waals surface area contributed by atoms with E-state index >= 15 is 0 Å². The quantitative estimate of drug-likeness (QED) is 0.812. The summed E-state index contributed by atoms with van der Waals surface area (Å²) < 4.78 is 13.0. The first-order valence-corrected chi connectivity index (χ1v) is 10.4. The van der Waals surface area contributed by atoms with Crippen molar-refractivity contribution in [1.82, 2.24) is 9.80 Å². The van der Waals surface area contributed by atoms with Crippen LogP contribution in [0.1, 0.15) is 39.2 Å². The van der Waals surface area contributed by atoms with E-state index < -0.39 is 0 Å². The molecule has 0 atom stereocenters. The van der Waals surface area contributed by atoms with Crippen molar-refractivity contribution in [3.63, 3.8) is 0 Å². The second-order valence-electron chi connectivity index (χ2n) is 7.23. The number of aryl methyl sites for hydroxylation is 1. The van der Waals surface area contributed by atoms with Crippen LogP contribution in [0.15, 0.2) is 29.6 Å².